The van der Waals surface area contributed by atoms with Crippen molar-refractivity contribution in [1.29, 1.82) is 0 Å². The van der Waals surface area contributed by atoms with Gasteiger partial charge in [-0.2, -0.15) is 0 Å². The first kappa shape index (κ1) is 22.7. The molecule has 2 heterocycles. The summed E-state index contributed by atoms with van der Waals surface area (Å²) in [5, 5.41) is 2.82. The SMILES string of the molecule is COc1ccc(C2(/C=C/c3ccccc3)CCN(Cc3ccc(NC(C)=O)cc3)CC2)nc1. The number of nitrogens with zero attached hydrogens (tertiary/aromatic N) is 2. The summed E-state index contributed by atoms with van der Waals surface area (Å²) >= 11 is 0. The Labute approximate surface area is 196 Å². The second-order valence-electron chi connectivity index (χ2n) is 8.64. The minimum Gasteiger partial charge on any atom is -0.495 e. The molecule has 170 valence electrons. The number of ether oxygens (including phenoxy) is 1. The molecule has 0 atom stereocenters. The summed E-state index contributed by atoms with van der Waals surface area (Å²) in [6, 6.07) is 22.7. The van der Waals surface area contributed by atoms with Crippen molar-refractivity contribution in [3.05, 3.63) is 95.8 Å². The number of anilines is 1. The van der Waals surface area contributed by atoms with E-state index in [0.29, 0.717) is 0 Å². The summed E-state index contributed by atoms with van der Waals surface area (Å²) in [6.45, 7) is 4.40. The number of rotatable bonds is 7. The Kier molecular flexibility index (Phi) is 7.20. The van der Waals surface area contributed by atoms with Gasteiger partial charge in [0.05, 0.1) is 19.0 Å². The molecule has 33 heavy (non-hydrogen) atoms. The average molecular weight is 442 g/mol. The Hall–Kier alpha value is -3.44. The summed E-state index contributed by atoms with van der Waals surface area (Å²) < 4.78 is 5.32. The first-order chi connectivity index (χ1) is 16.1. The molecule has 1 aromatic heterocycles. The molecule has 0 aliphatic carbocycles. The zero-order valence-corrected chi connectivity index (χ0v) is 19.3. The summed E-state index contributed by atoms with van der Waals surface area (Å²) in [7, 11) is 1.67. The third kappa shape index (κ3) is 5.88. The van der Waals surface area contributed by atoms with Crippen LogP contribution < -0.4 is 10.1 Å². The van der Waals surface area contributed by atoms with Crippen LogP contribution in [0.15, 0.2) is 79.0 Å². The first-order valence-corrected chi connectivity index (χ1v) is 11.4. The largest absolute Gasteiger partial charge is 0.495 e. The molecule has 0 bridgehead atoms. The van der Waals surface area contributed by atoms with Gasteiger partial charge in [0.2, 0.25) is 5.91 Å². The van der Waals surface area contributed by atoms with Gasteiger partial charge >= 0.3 is 0 Å². The van der Waals surface area contributed by atoms with E-state index in [0.717, 1.165) is 49.6 Å². The molecule has 1 fully saturated rings. The molecule has 2 aromatic carbocycles. The van der Waals surface area contributed by atoms with Crippen LogP contribution in [-0.2, 0) is 16.8 Å². The number of piperidine rings is 1. The predicted octanol–water partition coefficient (Wildman–Crippen LogP) is 5.30. The van der Waals surface area contributed by atoms with E-state index in [1.165, 1.54) is 18.1 Å². The van der Waals surface area contributed by atoms with Crippen molar-refractivity contribution in [1.82, 2.24) is 9.88 Å². The van der Waals surface area contributed by atoms with Crippen LogP contribution >= 0.6 is 0 Å². The number of hydrogen-bond donors (Lipinski definition) is 1. The summed E-state index contributed by atoms with van der Waals surface area (Å²) in [4.78, 5) is 18.5. The van der Waals surface area contributed by atoms with E-state index < -0.39 is 0 Å². The van der Waals surface area contributed by atoms with Gasteiger partial charge in [0, 0.05) is 24.6 Å². The lowest BCUT2D eigenvalue weighted by molar-refractivity contribution is -0.114. The number of pyridine rings is 1. The summed E-state index contributed by atoms with van der Waals surface area (Å²) in [5.74, 6) is 0.729. The van der Waals surface area contributed by atoms with Crippen LogP contribution in [0.1, 0.15) is 36.6 Å². The quantitative estimate of drug-likeness (QED) is 0.541. The topological polar surface area (TPSA) is 54.5 Å². The van der Waals surface area contributed by atoms with E-state index in [4.69, 9.17) is 9.72 Å². The zero-order valence-electron chi connectivity index (χ0n) is 19.3. The highest BCUT2D eigenvalue weighted by Gasteiger charge is 2.35. The zero-order chi connectivity index (χ0) is 23.1. The first-order valence-electron chi connectivity index (χ1n) is 11.4. The highest BCUT2D eigenvalue weighted by molar-refractivity contribution is 5.88. The van der Waals surface area contributed by atoms with Crippen molar-refractivity contribution < 1.29 is 9.53 Å². The van der Waals surface area contributed by atoms with Crippen LogP contribution in [0.5, 0.6) is 5.75 Å². The number of nitrogens with one attached hydrogen (secondary N) is 1. The van der Waals surface area contributed by atoms with Crippen molar-refractivity contribution in [2.24, 2.45) is 0 Å². The van der Waals surface area contributed by atoms with Crippen LogP contribution in [0, 0.1) is 0 Å². The van der Waals surface area contributed by atoms with Gasteiger partial charge in [-0.3, -0.25) is 14.7 Å². The third-order valence-corrected chi connectivity index (χ3v) is 6.31. The van der Waals surface area contributed by atoms with Crippen molar-refractivity contribution in [2.75, 3.05) is 25.5 Å². The number of allylic oxidation sites excluding steroid dienone is 1. The number of benzene rings is 2. The van der Waals surface area contributed by atoms with E-state index in [2.05, 4.69) is 64.8 Å². The Morgan fingerprint density at radius 3 is 2.39 bits per heavy atom. The van der Waals surface area contributed by atoms with Crippen molar-refractivity contribution in [3.8, 4) is 5.75 Å². The maximum Gasteiger partial charge on any atom is 0.221 e. The fourth-order valence-corrected chi connectivity index (χ4v) is 4.39. The van der Waals surface area contributed by atoms with Gasteiger partial charge in [-0.05, 0) is 61.3 Å². The van der Waals surface area contributed by atoms with Crippen LogP contribution in [0.4, 0.5) is 5.69 Å². The minimum absolute atomic E-state index is 0.0502. The maximum atomic E-state index is 11.2. The Bertz CT molecular complexity index is 1070. The number of hydrogen-bond acceptors (Lipinski definition) is 4. The number of carbonyl (C=O) groups excluding carboxylic acids is 1. The van der Waals surface area contributed by atoms with Gasteiger partial charge in [-0.1, -0.05) is 54.6 Å². The van der Waals surface area contributed by atoms with Gasteiger partial charge in [0.1, 0.15) is 5.75 Å². The molecular weight excluding hydrogens is 410 g/mol. The Morgan fingerprint density at radius 2 is 1.79 bits per heavy atom. The Morgan fingerprint density at radius 1 is 1.06 bits per heavy atom. The van der Waals surface area contributed by atoms with E-state index in [9.17, 15) is 4.79 Å². The van der Waals surface area contributed by atoms with Gasteiger partial charge < -0.3 is 10.1 Å². The van der Waals surface area contributed by atoms with Crippen LogP contribution in [0.25, 0.3) is 6.08 Å². The molecule has 0 spiro atoms. The molecular formula is C28H31N3O2. The minimum atomic E-state index is -0.103. The van der Waals surface area contributed by atoms with E-state index in [1.54, 1.807) is 7.11 Å². The standard InChI is InChI=1S/C28H31N3O2/c1-22(32)30-25-10-8-24(9-11-25)21-31-18-16-28(17-19-31,15-14-23-6-4-3-5-7-23)27-13-12-26(33-2)20-29-27/h3-15,20H,16-19,21H2,1-2H3,(H,30,32)/b15-14+. The third-order valence-electron chi connectivity index (χ3n) is 6.31. The number of amides is 1. The maximum absolute atomic E-state index is 11.2. The fraction of sp³-hybridized carbons (Fsp3) is 0.286. The van der Waals surface area contributed by atoms with E-state index >= 15 is 0 Å². The van der Waals surface area contributed by atoms with Gasteiger partial charge in [0.15, 0.2) is 0 Å². The number of carbonyl (C=O) groups is 1. The molecule has 1 amide bonds. The van der Waals surface area contributed by atoms with Crippen LogP contribution in [0.2, 0.25) is 0 Å². The molecule has 1 aliphatic heterocycles. The molecule has 1 aliphatic rings. The second-order valence-corrected chi connectivity index (χ2v) is 8.64. The van der Waals surface area contributed by atoms with E-state index in [-0.39, 0.29) is 11.3 Å². The molecule has 0 saturated carbocycles. The van der Waals surface area contributed by atoms with Crippen LogP contribution in [-0.4, -0.2) is 36.0 Å². The smallest absolute Gasteiger partial charge is 0.221 e. The molecule has 0 radical (unpaired) electrons. The van der Waals surface area contributed by atoms with Crippen molar-refractivity contribution in [2.45, 2.75) is 31.7 Å². The molecule has 5 heteroatoms. The fourth-order valence-electron chi connectivity index (χ4n) is 4.39. The van der Waals surface area contributed by atoms with Crippen molar-refractivity contribution >= 4 is 17.7 Å². The average Bonchev–Trinajstić information content (AvgIpc) is 2.85. The van der Waals surface area contributed by atoms with Crippen LogP contribution in [0.3, 0.4) is 0 Å². The predicted molar refractivity (Wildman–Crippen MR) is 133 cm³/mol. The molecule has 0 unspecified atom stereocenters. The lowest BCUT2D eigenvalue weighted by Gasteiger charge is -2.40. The summed E-state index contributed by atoms with van der Waals surface area (Å²) in [5.41, 5.74) is 4.27. The molecule has 5 nitrogen and oxygen atoms in total. The molecule has 4 rings (SSSR count). The number of likely N-dealkylation sites (tertiary alicyclic amines) is 1. The van der Waals surface area contributed by atoms with Crippen molar-refractivity contribution in [3.63, 3.8) is 0 Å². The number of methoxy groups -OCH3 is 1. The lowest BCUT2D eigenvalue weighted by atomic mass is 9.74. The Balaban J connectivity index is 1.48. The van der Waals surface area contributed by atoms with E-state index in [1.807, 2.05) is 30.5 Å². The molecule has 1 saturated heterocycles. The lowest BCUT2D eigenvalue weighted by Crippen LogP contribution is -2.41. The molecule has 3 aromatic rings. The normalized spacial score (nSPS) is 15.9. The summed E-state index contributed by atoms with van der Waals surface area (Å²) in [6.07, 6.45) is 8.38. The second kappa shape index (κ2) is 10.5. The van der Waals surface area contributed by atoms with Gasteiger partial charge in [-0.15, -0.1) is 0 Å². The monoisotopic (exact) mass is 441 g/mol. The molecule has 1 N–H and O–H groups in total. The highest BCUT2D eigenvalue weighted by Crippen LogP contribution is 2.37. The van der Waals surface area contributed by atoms with Gasteiger partial charge in [0.25, 0.3) is 0 Å². The highest BCUT2D eigenvalue weighted by atomic mass is 16.5. The van der Waals surface area contributed by atoms with Gasteiger partial charge in [-0.25, -0.2) is 0 Å². The number of aromatic nitrogens is 1.